The third-order valence-electron chi connectivity index (χ3n) is 3.00. The molecule has 0 N–H and O–H groups in total. The summed E-state index contributed by atoms with van der Waals surface area (Å²) in [5.41, 5.74) is 0. The Morgan fingerprint density at radius 1 is 1.00 bits per heavy atom. The van der Waals surface area contributed by atoms with Crippen molar-refractivity contribution in [1.29, 1.82) is 0 Å². The van der Waals surface area contributed by atoms with Crippen molar-refractivity contribution in [2.45, 2.75) is 0 Å². The van der Waals surface area contributed by atoms with E-state index in [4.69, 9.17) is 9.26 Å². The Kier molecular flexibility index (Phi) is 5.68. The van der Waals surface area contributed by atoms with Crippen molar-refractivity contribution in [1.82, 2.24) is 4.90 Å². The lowest BCUT2D eigenvalue weighted by Gasteiger charge is -2.23. The van der Waals surface area contributed by atoms with Crippen LogP contribution in [0.25, 0.3) is 0 Å². The standard InChI is InChI=1S/C16H19BrNO3P/c1-18(2)12-22(19,16-10-4-13(17)5-11-16)21-15-8-6-14(20-3)7-9-15/h4-11H,12H2,1-3H3. The maximum Gasteiger partial charge on any atom is 0.290 e. The minimum absolute atomic E-state index is 0.334. The maximum absolute atomic E-state index is 13.3. The summed E-state index contributed by atoms with van der Waals surface area (Å²) in [7, 11) is 2.33. The molecule has 0 heterocycles. The Morgan fingerprint density at radius 3 is 2.05 bits per heavy atom. The van der Waals surface area contributed by atoms with E-state index in [0.717, 1.165) is 10.2 Å². The Bertz CT molecular complexity index is 656. The van der Waals surface area contributed by atoms with Gasteiger partial charge < -0.3 is 9.26 Å². The zero-order valence-electron chi connectivity index (χ0n) is 12.8. The van der Waals surface area contributed by atoms with Crippen LogP contribution in [0.2, 0.25) is 0 Å². The van der Waals surface area contributed by atoms with Gasteiger partial charge in [-0.2, -0.15) is 0 Å². The zero-order valence-corrected chi connectivity index (χ0v) is 15.3. The van der Waals surface area contributed by atoms with Crippen molar-refractivity contribution in [3.63, 3.8) is 0 Å². The minimum Gasteiger partial charge on any atom is -0.497 e. The van der Waals surface area contributed by atoms with Crippen LogP contribution in [-0.4, -0.2) is 32.4 Å². The molecule has 0 spiro atoms. The number of hydrogen-bond donors (Lipinski definition) is 0. The first-order valence-electron chi connectivity index (χ1n) is 6.76. The van der Waals surface area contributed by atoms with E-state index in [9.17, 15) is 4.57 Å². The van der Waals surface area contributed by atoms with Crippen LogP contribution in [0.3, 0.4) is 0 Å². The van der Waals surface area contributed by atoms with Crippen molar-refractivity contribution >= 4 is 28.6 Å². The number of benzene rings is 2. The lowest BCUT2D eigenvalue weighted by Crippen LogP contribution is -2.22. The van der Waals surface area contributed by atoms with E-state index < -0.39 is 7.37 Å². The fourth-order valence-electron chi connectivity index (χ4n) is 2.01. The molecule has 0 aliphatic rings. The third kappa shape index (κ3) is 4.35. The van der Waals surface area contributed by atoms with E-state index in [1.807, 2.05) is 43.3 Å². The van der Waals surface area contributed by atoms with Gasteiger partial charge in [0.05, 0.1) is 13.4 Å². The van der Waals surface area contributed by atoms with Crippen LogP contribution in [0, 0.1) is 0 Å². The molecule has 1 atom stereocenters. The molecule has 0 aliphatic heterocycles. The Morgan fingerprint density at radius 2 is 1.55 bits per heavy atom. The fourth-order valence-corrected chi connectivity index (χ4v) is 4.41. The molecule has 0 radical (unpaired) electrons. The van der Waals surface area contributed by atoms with Crippen molar-refractivity contribution in [2.24, 2.45) is 0 Å². The van der Waals surface area contributed by atoms with E-state index in [2.05, 4.69) is 15.9 Å². The largest absolute Gasteiger partial charge is 0.497 e. The smallest absolute Gasteiger partial charge is 0.290 e. The van der Waals surface area contributed by atoms with Gasteiger partial charge in [0, 0.05) is 9.78 Å². The third-order valence-corrected chi connectivity index (χ3v) is 6.06. The highest BCUT2D eigenvalue weighted by Crippen LogP contribution is 2.46. The van der Waals surface area contributed by atoms with E-state index >= 15 is 0 Å². The molecule has 0 aromatic heterocycles. The molecule has 0 saturated heterocycles. The van der Waals surface area contributed by atoms with Crippen LogP contribution in [0.15, 0.2) is 53.0 Å². The van der Waals surface area contributed by atoms with Crippen molar-refractivity contribution in [2.75, 3.05) is 27.5 Å². The molecule has 0 fully saturated rings. The summed E-state index contributed by atoms with van der Waals surface area (Å²) in [4.78, 5) is 1.87. The summed E-state index contributed by atoms with van der Waals surface area (Å²) >= 11 is 3.39. The number of nitrogens with zero attached hydrogens (tertiary/aromatic N) is 1. The van der Waals surface area contributed by atoms with Gasteiger partial charge in [0.1, 0.15) is 11.5 Å². The van der Waals surface area contributed by atoms with Gasteiger partial charge in [0.25, 0.3) is 7.37 Å². The molecular weight excluding hydrogens is 365 g/mol. The van der Waals surface area contributed by atoms with Gasteiger partial charge in [-0.3, -0.25) is 9.46 Å². The molecule has 2 rings (SSSR count). The van der Waals surface area contributed by atoms with Gasteiger partial charge in [0.15, 0.2) is 0 Å². The van der Waals surface area contributed by atoms with Crippen LogP contribution >= 0.6 is 23.3 Å². The summed E-state index contributed by atoms with van der Waals surface area (Å²) < 4.78 is 25.3. The lowest BCUT2D eigenvalue weighted by molar-refractivity contribution is 0.412. The number of hydrogen-bond acceptors (Lipinski definition) is 4. The van der Waals surface area contributed by atoms with Crippen molar-refractivity contribution < 1.29 is 13.8 Å². The molecular formula is C16H19BrNO3P. The summed E-state index contributed by atoms with van der Waals surface area (Å²) in [5.74, 6) is 1.30. The first kappa shape index (κ1) is 17.1. The minimum atomic E-state index is -3.03. The van der Waals surface area contributed by atoms with Crippen LogP contribution in [-0.2, 0) is 4.57 Å². The topological polar surface area (TPSA) is 38.8 Å². The molecule has 2 aromatic carbocycles. The molecule has 0 bridgehead atoms. The van der Waals surface area contributed by atoms with E-state index in [1.54, 1.807) is 31.4 Å². The molecule has 0 aliphatic carbocycles. The van der Waals surface area contributed by atoms with Gasteiger partial charge in [-0.05, 0) is 62.6 Å². The highest BCUT2D eigenvalue weighted by atomic mass is 79.9. The number of rotatable bonds is 6. The SMILES string of the molecule is COc1ccc(OP(=O)(CN(C)C)c2ccc(Br)cc2)cc1. The Labute approximate surface area is 139 Å². The predicted octanol–water partition coefficient (Wildman–Crippen LogP) is 3.96. The van der Waals surface area contributed by atoms with E-state index in [-0.39, 0.29) is 0 Å². The highest BCUT2D eigenvalue weighted by molar-refractivity contribution is 9.10. The molecule has 22 heavy (non-hydrogen) atoms. The summed E-state index contributed by atoms with van der Waals surface area (Å²) in [6.07, 6.45) is 0.334. The second-order valence-electron chi connectivity index (χ2n) is 5.14. The molecule has 2 aromatic rings. The molecule has 1 unspecified atom stereocenters. The van der Waals surface area contributed by atoms with Gasteiger partial charge in [0.2, 0.25) is 0 Å². The van der Waals surface area contributed by atoms with Crippen molar-refractivity contribution in [3.8, 4) is 11.5 Å². The summed E-state index contributed by atoms with van der Waals surface area (Å²) in [5, 5.41) is 0.695. The second kappa shape index (κ2) is 7.32. The average molecular weight is 384 g/mol. The number of halogens is 1. The molecule has 6 heteroatoms. The van der Waals surface area contributed by atoms with Crippen LogP contribution < -0.4 is 14.6 Å². The highest BCUT2D eigenvalue weighted by Gasteiger charge is 2.28. The van der Waals surface area contributed by atoms with Crippen LogP contribution in [0.4, 0.5) is 0 Å². The van der Waals surface area contributed by atoms with E-state index in [1.165, 1.54) is 0 Å². The molecule has 0 saturated carbocycles. The molecule has 118 valence electrons. The van der Waals surface area contributed by atoms with E-state index in [0.29, 0.717) is 17.3 Å². The number of ether oxygens (including phenoxy) is 1. The van der Waals surface area contributed by atoms with Gasteiger partial charge in [-0.15, -0.1) is 0 Å². The first-order chi connectivity index (χ1) is 10.4. The molecule has 4 nitrogen and oxygen atoms in total. The number of methoxy groups -OCH3 is 1. The maximum atomic E-state index is 13.3. The normalized spacial score (nSPS) is 13.7. The Balaban J connectivity index is 2.32. The van der Waals surface area contributed by atoms with Crippen LogP contribution in [0.1, 0.15) is 0 Å². The van der Waals surface area contributed by atoms with Gasteiger partial charge >= 0.3 is 0 Å². The quantitative estimate of drug-likeness (QED) is 0.707. The zero-order chi connectivity index (χ0) is 16.2. The first-order valence-corrected chi connectivity index (χ1v) is 9.37. The second-order valence-corrected chi connectivity index (χ2v) is 8.38. The Hall–Kier alpha value is -1.29. The molecule has 0 amide bonds. The van der Waals surface area contributed by atoms with Crippen molar-refractivity contribution in [3.05, 3.63) is 53.0 Å². The predicted molar refractivity (Wildman–Crippen MR) is 93.6 cm³/mol. The average Bonchev–Trinajstić information content (AvgIpc) is 2.47. The van der Waals surface area contributed by atoms with Gasteiger partial charge in [-0.1, -0.05) is 15.9 Å². The fraction of sp³-hybridized carbons (Fsp3) is 0.250. The summed E-state index contributed by atoms with van der Waals surface area (Å²) in [6.45, 7) is 0. The van der Waals surface area contributed by atoms with Gasteiger partial charge in [-0.25, -0.2) is 0 Å². The monoisotopic (exact) mass is 383 g/mol. The summed E-state index contributed by atoms with van der Waals surface area (Å²) in [6, 6.07) is 14.5. The lowest BCUT2D eigenvalue weighted by atomic mass is 10.3. The van der Waals surface area contributed by atoms with Crippen LogP contribution in [0.5, 0.6) is 11.5 Å².